The quantitative estimate of drug-likeness (QED) is 0.695. The van der Waals surface area contributed by atoms with Crippen LogP contribution in [-0.4, -0.2) is 4.98 Å². The van der Waals surface area contributed by atoms with Gasteiger partial charge in [-0.05, 0) is 19.1 Å². The van der Waals surface area contributed by atoms with Crippen LogP contribution >= 0.6 is 7.14 Å². The number of hydrogen-bond acceptors (Lipinski definition) is 2. The summed E-state index contributed by atoms with van der Waals surface area (Å²) < 4.78 is 13.9. The van der Waals surface area contributed by atoms with Crippen LogP contribution in [0.15, 0.2) is 78.9 Å². The van der Waals surface area contributed by atoms with E-state index in [0.29, 0.717) is 5.44 Å². The highest BCUT2D eigenvalue weighted by atomic mass is 31.2. The molecule has 1 aromatic heterocycles. The Hall–Kier alpha value is -2.18. The fraction of sp³-hybridized carbons (Fsp3) is 0.0556. The average Bonchev–Trinajstić information content (AvgIpc) is 2.56. The van der Waals surface area contributed by atoms with Gasteiger partial charge in [0.2, 0.25) is 0 Å². The lowest BCUT2D eigenvalue weighted by Crippen LogP contribution is -2.27. The lowest BCUT2D eigenvalue weighted by Gasteiger charge is -2.19. The van der Waals surface area contributed by atoms with Crippen molar-refractivity contribution in [1.82, 2.24) is 4.98 Å². The third-order valence-corrected chi connectivity index (χ3v) is 6.38. The molecule has 2 nitrogen and oxygen atoms in total. The van der Waals surface area contributed by atoms with E-state index in [9.17, 15) is 4.57 Å². The second kappa shape index (κ2) is 5.67. The zero-order chi connectivity index (χ0) is 14.7. The molecular formula is C18H16NOP. The molecule has 0 unspecified atom stereocenters. The van der Waals surface area contributed by atoms with Gasteiger partial charge >= 0.3 is 0 Å². The molecule has 0 aliphatic carbocycles. The highest BCUT2D eigenvalue weighted by molar-refractivity contribution is 7.85. The van der Waals surface area contributed by atoms with E-state index in [-0.39, 0.29) is 0 Å². The van der Waals surface area contributed by atoms with Gasteiger partial charge in [-0.3, -0.25) is 0 Å². The van der Waals surface area contributed by atoms with Crippen LogP contribution in [-0.2, 0) is 4.57 Å². The molecule has 0 saturated heterocycles. The van der Waals surface area contributed by atoms with E-state index in [1.54, 1.807) is 0 Å². The Morgan fingerprint density at radius 2 is 1.24 bits per heavy atom. The van der Waals surface area contributed by atoms with Crippen LogP contribution in [0.1, 0.15) is 5.69 Å². The molecule has 0 spiro atoms. The molecule has 0 bridgehead atoms. The zero-order valence-corrected chi connectivity index (χ0v) is 12.7. The van der Waals surface area contributed by atoms with Crippen molar-refractivity contribution >= 4 is 23.2 Å². The Kier molecular flexibility index (Phi) is 3.72. The third-order valence-electron chi connectivity index (χ3n) is 3.44. The van der Waals surface area contributed by atoms with Gasteiger partial charge in [0.1, 0.15) is 5.44 Å². The molecule has 0 saturated carbocycles. The van der Waals surface area contributed by atoms with Crippen LogP contribution in [0, 0.1) is 6.92 Å². The Morgan fingerprint density at radius 3 is 1.71 bits per heavy atom. The van der Waals surface area contributed by atoms with Gasteiger partial charge in [0.25, 0.3) is 0 Å². The fourth-order valence-corrected chi connectivity index (χ4v) is 5.00. The van der Waals surface area contributed by atoms with Gasteiger partial charge in [0.05, 0.1) is 0 Å². The molecule has 3 heteroatoms. The van der Waals surface area contributed by atoms with Gasteiger partial charge in [-0.2, -0.15) is 0 Å². The first kappa shape index (κ1) is 13.8. The first-order valence-electron chi connectivity index (χ1n) is 6.87. The molecular weight excluding hydrogens is 277 g/mol. The lowest BCUT2D eigenvalue weighted by molar-refractivity contribution is 0.592. The van der Waals surface area contributed by atoms with E-state index in [4.69, 9.17) is 0 Å². The van der Waals surface area contributed by atoms with Gasteiger partial charge in [0, 0.05) is 16.3 Å². The van der Waals surface area contributed by atoms with Crippen LogP contribution in [0.2, 0.25) is 0 Å². The molecule has 104 valence electrons. The van der Waals surface area contributed by atoms with E-state index < -0.39 is 7.14 Å². The summed E-state index contributed by atoms with van der Waals surface area (Å²) >= 11 is 0. The number of aryl methyl sites for hydroxylation is 1. The zero-order valence-electron chi connectivity index (χ0n) is 11.8. The summed E-state index contributed by atoms with van der Waals surface area (Å²) in [4.78, 5) is 4.53. The number of hydrogen-bond donors (Lipinski definition) is 0. The number of pyridine rings is 1. The normalized spacial score (nSPS) is 11.3. The third kappa shape index (κ3) is 2.55. The molecule has 0 radical (unpaired) electrons. The Balaban J connectivity index is 2.29. The predicted molar refractivity (Wildman–Crippen MR) is 88.4 cm³/mol. The summed E-state index contributed by atoms with van der Waals surface area (Å²) in [7, 11) is -2.91. The molecule has 3 rings (SSSR count). The van der Waals surface area contributed by atoms with Crippen molar-refractivity contribution in [1.29, 1.82) is 0 Å². The largest absolute Gasteiger partial charge is 0.307 e. The standard InChI is InChI=1S/C18H16NOP/c1-15-9-8-14-18(19-15)21(20,16-10-4-2-5-11-16)17-12-6-3-7-13-17/h2-14H,1H3. The van der Waals surface area contributed by atoms with E-state index in [2.05, 4.69) is 4.98 Å². The minimum absolute atomic E-state index is 0.639. The van der Waals surface area contributed by atoms with Gasteiger partial charge in [-0.1, -0.05) is 66.7 Å². The number of rotatable bonds is 3. The topological polar surface area (TPSA) is 30.0 Å². The Morgan fingerprint density at radius 1 is 0.714 bits per heavy atom. The lowest BCUT2D eigenvalue weighted by atomic mass is 10.4. The molecule has 2 aromatic carbocycles. The second-order valence-corrected chi connectivity index (χ2v) is 7.63. The number of aromatic nitrogens is 1. The summed E-state index contributed by atoms with van der Waals surface area (Å²) in [5.74, 6) is 0. The maximum atomic E-state index is 13.9. The second-order valence-electron chi connectivity index (χ2n) is 4.92. The van der Waals surface area contributed by atoms with E-state index in [1.165, 1.54) is 0 Å². The predicted octanol–water partition coefficient (Wildman–Crippen LogP) is 3.03. The SMILES string of the molecule is Cc1cccc(P(=O)(c2ccccc2)c2ccccc2)n1. The van der Waals surface area contributed by atoms with Crippen LogP contribution in [0.4, 0.5) is 0 Å². The van der Waals surface area contributed by atoms with Crippen LogP contribution < -0.4 is 16.0 Å². The summed E-state index contributed by atoms with van der Waals surface area (Å²) in [6.45, 7) is 1.92. The molecule has 0 N–H and O–H groups in total. The van der Waals surface area contributed by atoms with Crippen LogP contribution in [0.5, 0.6) is 0 Å². The van der Waals surface area contributed by atoms with Crippen molar-refractivity contribution in [3.8, 4) is 0 Å². The molecule has 0 aliphatic heterocycles. The monoisotopic (exact) mass is 293 g/mol. The minimum atomic E-state index is -2.91. The summed E-state index contributed by atoms with van der Waals surface area (Å²) in [5, 5.41) is 1.63. The molecule has 0 fully saturated rings. The highest BCUT2D eigenvalue weighted by Gasteiger charge is 2.30. The summed E-state index contributed by atoms with van der Waals surface area (Å²) in [5.41, 5.74) is 1.51. The highest BCUT2D eigenvalue weighted by Crippen LogP contribution is 2.41. The smallest absolute Gasteiger partial charge is 0.188 e. The summed E-state index contributed by atoms with van der Waals surface area (Å²) in [6.07, 6.45) is 0. The van der Waals surface area contributed by atoms with Gasteiger partial charge in [-0.15, -0.1) is 0 Å². The van der Waals surface area contributed by atoms with Crippen LogP contribution in [0.3, 0.4) is 0 Å². The maximum Gasteiger partial charge on any atom is 0.188 e. The van der Waals surface area contributed by atoms with Crippen LogP contribution in [0.25, 0.3) is 0 Å². The molecule has 0 amide bonds. The van der Waals surface area contributed by atoms with Crippen molar-refractivity contribution in [3.05, 3.63) is 84.6 Å². The van der Waals surface area contributed by atoms with Crippen molar-refractivity contribution in [3.63, 3.8) is 0 Å². The Labute approximate surface area is 124 Å². The van der Waals surface area contributed by atoms with Gasteiger partial charge in [0.15, 0.2) is 7.14 Å². The van der Waals surface area contributed by atoms with Gasteiger partial charge < -0.3 is 4.57 Å². The first-order valence-corrected chi connectivity index (χ1v) is 8.57. The minimum Gasteiger partial charge on any atom is -0.307 e. The maximum absolute atomic E-state index is 13.9. The Bertz CT molecular complexity index is 741. The van der Waals surface area contributed by atoms with Gasteiger partial charge in [-0.25, -0.2) is 4.98 Å². The van der Waals surface area contributed by atoms with E-state index in [1.807, 2.05) is 85.8 Å². The van der Waals surface area contributed by atoms with Crippen molar-refractivity contribution in [2.75, 3.05) is 0 Å². The molecule has 1 heterocycles. The molecule has 0 aliphatic rings. The molecule has 21 heavy (non-hydrogen) atoms. The first-order chi connectivity index (χ1) is 10.2. The van der Waals surface area contributed by atoms with Crippen molar-refractivity contribution < 1.29 is 4.57 Å². The van der Waals surface area contributed by atoms with E-state index >= 15 is 0 Å². The van der Waals surface area contributed by atoms with Crippen molar-refractivity contribution in [2.45, 2.75) is 6.92 Å². The number of nitrogens with zero attached hydrogens (tertiary/aromatic N) is 1. The summed E-state index contributed by atoms with van der Waals surface area (Å²) in [6, 6.07) is 24.9. The molecule has 0 atom stereocenters. The average molecular weight is 293 g/mol. The molecule has 3 aromatic rings. The van der Waals surface area contributed by atoms with E-state index in [0.717, 1.165) is 16.3 Å². The van der Waals surface area contributed by atoms with Crippen molar-refractivity contribution in [2.24, 2.45) is 0 Å². The number of benzene rings is 2. The fourth-order valence-electron chi connectivity index (χ4n) is 2.39.